The quantitative estimate of drug-likeness (QED) is 0.760. The molecule has 0 spiro atoms. The van der Waals surface area contributed by atoms with Gasteiger partial charge in [0.2, 0.25) is 5.91 Å². The van der Waals surface area contributed by atoms with Crippen molar-refractivity contribution in [1.29, 1.82) is 0 Å². The van der Waals surface area contributed by atoms with E-state index < -0.39 is 0 Å². The van der Waals surface area contributed by atoms with Gasteiger partial charge in [-0.05, 0) is 30.4 Å². The molecule has 0 aliphatic rings. The fourth-order valence-corrected chi connectivity index (χ4v) is 2.27. The highest BCUT2D eigenvalue weighted by Gasteiger charge is 2.06. The smallest absolute Gasteiger partial charge is 0.221 e. The van der Waals surface area contributed by atoms with Crippen molar-refractivity contribution in [3.63, 3.8) is 0 Å². The van der Waals surface area contributed by atoms with Crippen LogP contribution < -0.4 is 11.1 Å². The number of carbonyl (C=O) groups is 1. The molecule has 0 aliphatic heterocycles. The number of fused-ring (bicyclic) bond motifs is 1. The standard InChI is InChI=1S/C16H23N3O/c1-2-14(17)12-16(20)18-9-5-10-19-11-8-13-6-3-4-7-15(13)19/h3-4,6-8,11,14H,2,5,9-10,12,17H2,1H3,(H,18,20). The summed E-state index contributed by atoms with van der Waals surface area (Å²) in [6.07, 6.45) is 4.27. The van der Waals surface area contributed by atoms with Crippen LogP contribution in [0.3, 0.4) is 0 Å². The summed E-state index contributed by atoms with van der Waals surface area (Å²) in [5.74, 6) is 0.0525. The molecular weight excluding hydrogens is 250 g/mol. The maximum absolute atomic E-state index is 11.6. The summed E-state index contributed by atoms with van der Waals surface area (Å²) < 4.78 is 2.22. The number of nitrogens with two attached hydrogens (primary N) is 1. The van der Waals surface area contributed by atoms with Crippen molar-refractivity contribution in [1.82, 2.24) is 9.88 Å². The maximum Gasteiger partial charge on any atom is 0.221 e. The molecule has 0 aliphatic carbocycles. The zero-order chi connectivity index (χ0) is 14.4. The Morgan fingerprint density at radius 1 is 1.35 bits per heavy atom. The summed E-state index contributed by atoms with van der Waals surface area (Å²) in [6, 6.07) is 10.4. The van der Waals surface area contributed by atoms with Crippen molar-refractivity contribution in [2.45, 2.75) is 38.8 Å². The van der Waals surface area contributed by atoms with Gasteiger partial charge in [-0.15, -0.1) is 0 Å². The molecule has 0 saturated heterocycles. The van der Waals surface area contributed by atoms with Crippen LogP contribution >= 0.6 is 0 Å². The minimum atomic E-state index is -0.0246. The molecule has 1 atom stereocenters. The van der Waals surface area contributed by atoms with Crippen molar-refractivity contribution in [2.24, 2.45) is 5.73 Å². The number of para-hydroxylation sites is 1. The number of rotatable bonds is 7. The Balaban J connectivity index is 1.75. The van der Waals surface area contributed by atoms with E-state index in [9.17, 15) is 4.79 Å². The lowest BCUT2D eigenvalue weighted by Gasteiger charge is -2.10. The van der Waals surface area contributed by atoms with E-state index in [-0.39, 0.29) is 11.9 Å². The Morgan fingerprint density at radius 3 is 2.95 bits per heavy atom. The van der Waals surface area contributed by atoms with E-state index in [4.69, 9.17) is 5.73 Å². The second-order valence-electron chi connectivity index (χ2n) is 5.14. The summed E-state index contributed by atoms with van der Waals surface area (Å²) in [4.78, 5) is 11.6. The number of benzene rings is 1. The Labute approximate surface area is 120 Å². The van der Waals surface area contributed by atoms with E-state index in [2.05, 4.69) is 34.3 Å². The maximum atomic E-state index is 11.6. The number of hydrogen-bond donors (Lipinski definition) is 2. The largest absolute Gasteiger partial charge is 0.356 e. The third-order valence-corrected chi connectivity index (χ3v) is 3.55. The molecule has 1 amide bonds. The second kappa shape index (κ2) is 7.10. The molecule has 0 fully saturated rings. The molecule has 0 bridgehead atoms. The van der Waals surface area contributed by atoms with Crippen molar-refractivity contribution < 1.29 is 4.79 Å². The zero-order valence-corrected chi connectivity index (χ0v) is 12.0. The number of aryl methyl sites for hydroxylation is 1. The van der Waals surface area contributed by atoms with Crippen LogP contribution in [0.25, 0.3) is 10.9 Å². The SMILES string of the molecule is CCC(N)CC(=O)NCCCn1ccc2ccccc21. The molecule has 0 saturated carbocycles. The van der Waals surface area contributed by atoms with Gasteiger partial charge < -0.3 is 15.6 Å². The Morgan fingerprint density at radius 2 is 2.15 bits per heavy atom. The molecule has 4 heteroatoms. The van der Waals surface area contributed by atoms with Crippen LogP contribution in [0.1, 0.15) is 26.2 Å². The first kappa shape index (κ1) is 14.6. The van der Waals surface area contributed by atoms with Crippen LogP contribution in [0, 0.1) is 0 Å². The highest BCUT2D eigenvalue weighted by Crippen LogP contribution is 2.15. The molecule has 4 nitrogen and oxygen atoms in total. The lowest BCUT2D eigenvalue weighted by molar-refractivity contribution is -0.121. The van der Waals surface area contributed by atoms with Gasteiger partial charge >= 0.3 is 0 Å². The molecule has 1 aromatic carbocycles. The summed E-state index contributed by atoms with van der Waals surface area (Å²) in [7, 11) is 0. The van der Waals surface area contributed by atoms with Gasteiger partial charge in [-0.3, -0.25) is 4.79 Å². The number of amides is 1. The summed E-state index contributed by atoms with van der Waals surface area (Å²) >= 11 is 0. The normalized spacial score (nSPS) is 12.5. The molecule has 1 heterocycles. The summed E-state index contributed by atoms with van der Waals surface area (Å²) in [6.45, 7) is 3.60. The van der Waals surface area contributed by atoms with Gasteiger partial charge in [0.15, 0.2) is 0 Å². The lowest BCUT2D eigenvalue weighted by Crippen LogP contribution is -2.32. The van der Waals surface area contributed by atoms with Crippen LogP contribution in [0.15, 0.2) is 36.5 Å². The second-order valence-corrected chi connectivity index (χ2v) is 5.14. The predicted octanol–water partition coefficient (Wildman–Crippen LogP) is 2.27. The van der Waals surface area contributed by atoms with Crippen LogP contribution in [0.2, 0.25) is 0 Å². The number of nitrogens with one attached hydrogen (secondary N) is 1. The lowest BCUT2D eigenvalue weighted by atomic mass is 10.1. The van der Waals surface area contributed by atoms with Gasteiger partial charge in [0.05, 0.1) is 0 Å². The first-order valence-corrected chi connectivity index (χ1v) is 7.27. The molecule has 1 unspecified atom stereocenters. The number of nitrogens with zero attached hydrogens (tertiary/aromatic N) is 1. The third kappa shape index (κ3) is 3.84. The molecule has 108 valence electrons. The highest BCUT2D eigenvalue weighted by molar-refractivity contribution is 5.79. The molecule has 2 aromatic rings. The Hall–Kier alpha value is -1.81. The average Bonchev–Trinajstić information content (AvgIpc) is 2.87. The van der Waals surface area contributed by atoms with Crippen molar-refractivity contribution in [3.8, 4) is 0 Å². The molecule has 0 radical (unpaired) electrons. The Kier molecular flexibility index (Phi) is 5.18. The van der Waals surface area contributed by atoms with Gasteiger partial charge in [-0.2, -0.15) is 0 Å². The van der Waals surface area contributed by atoms with E-state index in [0.29, 0.717) is 13.0 Å². The van der Waals surface area contributed by atoms with E-state index in [1.807, 2.05) is 19.1 Å². The molecule has 2 rings (SSSR count). The van der Waals surface area contributed by atoms with Crippen LogP contribution in [-0.4, -0.2) is 23.1 Å². The first-order valence-electron chi connectivity index (χ1n) is 7.27. The van der Waals surface area contributed by atoms with Crippen LogP contribution in [0.5, 0.6) is 0 Å². The minimum absolute atomic E-state index is 0.0246. The van der Waals surface area contributed by atoms with E-state index in [0.717, 1.165) is 19.4 Å². The van der Waals surface area contributed by atoms with Gasteiger partial charge in [-0.25, -0.2) is 0 Å². The van der Waals surface area contributed by atoms with Crippen LogP contribution in [0.4, 0.5) is 0 Å². The molecular formula is C16H23N3O. The van der Waals surface area contributed by atoms with E-state index >= 15 is 0 Å². The highest BCUT2D eigenvalue weighted by atomic mass is 16.1. The molecule has 20 heavy (non-hydrogen) atoms. The Bertz CT molecular complexity index is 562. The van der Waals surface area contributed by atoms with Crippen molar-refractivity contribution >= 4 is 16.8 Å². The summed E-state index contributed by atoms with van der Waals surface area (Å²) in [5.41, 5.74) is 6.99. The molecule has 1 aromatic heterocycles. The topological polar surface area (TPSA) is 60.1 Å². The van der Waals surface area contributed by atoms with E-state index in [1.54, 1.807) is 0 Å². The third-order valence-electron chi connectivity index (χ3n) is 3.55. The minimum Gasteiger partial charge on any atom is -0.356 e. The molecule has 3 N–H and O–H groups in total. The van der Waals surface area contributed by atoms with Gasteiger partial charge in [0, 0.05) is 37.3 Å². The number of hydrogen-bond acceptors (Lipinski definition) is 2. The van der Waals surface area contributed by atoms with Crippen molar-refractivity contribution in [3.05, 3.63) is 36.5 Å². The van der Waals surface area contributed by atoms with Gasteiger partial charge in [0.25, 0.3) is 0 Å². The van der Waals surface area contributed by atoms with E-state index in [1.165, 1.54) is 10.9 Å². The van der Waals surface area contributed by atoms with Gasteiger partial charge in [-0.1, -0.05) is 25.1 Å². The fourth-order valence-electron chi connectivity index (χ4n) is 2.27. The first-order chi connectivity index (χ1) is 9.70. The van der Waals surface area contributed by atoms with Gasteiger partial charge in [0.1, 0.15) is 0 Å². The number of carbonyl (C=O) groups excluding carboxylic acids is 1. The summed E-state index contributed by atoms with van der Waals surface area (Å²) in [5, 5.41) is 4.18. The zero-order valence-electron chi connectivity index (χ0n) is 12.0. The average molecular weight is 273 g/mol. The van der Waals surface area contributed by atoms with Crippen LogP contribution in [-0.2, 0) is 11.3 Å². The predicted molar refractivity (Wildman–Crippen MR) is 82.4 cm³/mol. The number of aromatic nitrogens is 1. The van der Waals surface area contributed by atoms with Crippen molar-refractivity contribution in [2.75, 3.05) is 6.54 Å². The monoisotopic (exact) mass is 273 g/mol. The fraction of sp³-hybridized carbons (Fsp3) is 0.438.